The SMILES string of the molecule is Cc1c(OC(F)(F)F)ncc(S(=O)(=O)Cl)c1Br. The number of nitrogens with zero attached hydrogens (tertiary/aromatic N) is 1. The van der Waals surface area contributed by atoms with E-state index >= 15 is 0 Å². The lowest BCUT2D eigenvalue weighted by Gasteiger charge is -2.12. The summed E-state index contributed by atoms with van der Waals surface area (Å²) in [5, 5.41) is 0. The minimum absolute atomic E-state index is 0.121. The molecule has 0 aliphatic rings. The lowest BCUT2D eigenvalue weighted by molar-refractivity contribution is -0.276. The number of hydrogen-bond donors (Lipinski definition) is 0. The van der Waals surface area contributed by atoms with Crippen LogP contribution in [0.4, 0.5) is 13.2 Å². The monoisotopic (exact) mass is 353 g/mol. The minimum Gasteiger partial charge on any atom is -0.388 e. The van der Waals surface area contributed by atoms with E-state index in [0.29, 0.717) is 6.20 Å². The van der Waals surface area contributed by atoms with Crippen molar-refractivity contribution in [1.29, 1.82) is 0 Å². The maximum atomic E-state index is 12.0. The molecule has 0 aromatic carbocycles. The van der Waals surface area contributed by atoms with Gasteiger partial charge in [-0.1, -0.05) is 0 Å². The zero-order valence-electron chi connectivity index (χ0n) is 8.05. The Morgan fingerprint density at radius 1 is 1.47 bits per heavy atom. The second-order valence-corrected chi connectivity index (χ2v) is 6.18. The van der Waals surface area contributed by atoms with Crippen LogP contribution >= 0.6 is 26.6 Å². The highest BCUT2D eigenvalue weighted by molar-refractivity contribution is 9.10. The topological polar surface area (TPSA) is 56.3 Å². The molecule has 4 nitrogen and oxygen atoms in total. The smallest absolute Gasteiger partial charge is 0.388 e. The van der Waals surface area contributed by atoms with E-state index in [1.807, 2.05) is 0 Å². The number of aromatic nitrogens is 1. The first-order valence-electron chi connectivity index (χ1n) is 3.88. The summed E-state index contributed by atoms with van der Waals surface area (Å²) in [5.74, 6) is -0.742. The summed E-state index contributed by atoms with van der Waals surface area (Å²) < 4.78 is 61.4. The highest BCUT2D eigenvalue weighted by atomic mass is 79.9. The van der Waals surface area contributed by atoms with Gasteiger partial charge in [-0.05, 0) is 22.9 Å². The fraction of sp³-hybridized carbons (Fsp3) is 0.286. The molecular weight excluding hydrogens is 350 g/mol. The minimum atomic E-state index is -4.90. The number of ether oxygens (including phenoxy) is 1. The Hall–Kier alpha value is -0.540. The zero-order chi connectivity index (χ0) is 13.4. The van der Waals surface area contributed by atoms with Gasteiger partial charge in [-0.2, -0.15) is 0 Å². The van der Waals surface area contributed by atoms with Gasteiger partial charge in [-0.25, -0.2) is 13.4 Å². The molecule has 0 saturated carbocycles. The number of pyridine rings is 1. The second kappa shape index (κ2) is 4.62. The highest BCUT2D eigenvalue weighted by Crippen LogP contribution is 2.33. The van der Waals surface area contributed by atoms with Gasteiger partial charge in [-0.15, -0.1) is 13.2 Å². The third-order valence-corrected chi connectivity index (χ3v) is 4.26. The molecule has 0 spiro atoms. The van der Waals surface area contributed by atoms with Crippen LogP contribution in [0.1, 0.15) is 5.56 Å². The van der Waals surface area contributed by atoms with Crippen molar-refractivity contribution in [2.75, 3.05) is 0 Å². The van der Waals surface area contributed by atoms with Crippen LogP contribution < -0.4 is 4.74 Å². The maximum Gasteiger partial charge on any atom is 0.574 e. The molecule has 0 aliphatic carbocycles. The second-order valence-electron chi connectivity index (χ2n) is 2.85. The third-order valence-electron chi connectivity index (χ3n) is 1.64. The Labute approximate surface area is 107 Å². The molecule has 1 aromatic rings. The molecule has 0 fully saturated rings. The Kier molecular flexibility index (Phi) is 3.94. The van der Waals surface area contributed by atoms with E-state index in [-0.39, 0.29) is 10.0 Å². The zero-order valence-corrected chi connectivity index (χ0v) is 11.2. The fourth-order valence-corrected chi connectivity index (χ4v) is 3.02. The number of hydrogen-bond acceptors (Lipinski definition) is 4. The summed E-state index contributed by atoms with van der Waals surface area (Å²) in [6.07, 6.45) is -4.22. The van der Waals surface area contributed by atoms with Crippen LogP contribution in [0, 0.1) is 6.92 Å². The van der Waals surface area contributed by atoms with Crippen LogP contribution in [0.15, 0.2) is 15.6 Å². The normalized spacial score (nSPS) is 12.6. The number of halogens is 5. The molecule has 17 heavy (non-hydrogen) atoms. The summed E-state index contributed by atoms with van der Waals surface area (Å²) >= 11 is 2.82. The van der Waals surface area contributed by atoms with Crippen LogP contribution in [-0.2, 0) is 9.05 Å². The van der Waals surface area contributed by atoms with Crippen molar-refractivity contribution < 1.29 is 26.3 Å². The van der Waals surface area contributed by atoms with E-state index in [1.165, 1.54) is 6.92 Å². The van der Waals surface area contributed by atoms with Crippen molar-refractivity contribution in [3.05, 3.63) is 16.2 Å². The quantitative estimate of drug-likeness (QED) is 0.766. The summed E-state index contributed by atoms with van der Waals surface area (Å²) in [4.78, 5) is 2.83. The predicted molar refractivity (Wildman–Crippen MR) is 56.4 cm³/mol. The molecule has 0 amide bonds. The van der Waals surface area contributed by atoms with E-state index < -0.39 is 26.2 Å². The van der Waals surface area contributed by atoms with Crippen LogP contribution in [0.25, 0.3) is 0 Å². The molecule has 0 aliphatic heterocycles. The molecule has 1 rings (SSSR count). The molecule has 1 heterocycles. The van der Waals surface area contributed by atoms with E-state index in [0.717, 1.165) is 0 Å². The summed E-state index contributed by atoms with van der Waals surface area (Å²) in [6, 6.07) is 0. The van der Waals surface area contributed by atoms with Crippen molar-refractivity contribution in [2.45, 2.75) is 18.2 Å². The molecule has 0 saturated heterocycles. The Balaban J connectivity index is 3.30. The first-order valence-corrected chi connectivity index (χ1v) is 6.98. The molecule has 0 radical (unpaired) electrons. The molecule has 10 heteroatoms. The van der Waals surface area contributed by atoms with Crippen LogP contribution in [-0.4, -0.2) is 19.8 Å². The van der Waals surface area contributed by atoms with E-state index in [1.54, 1.807) is 0 Å². The average Bonchev–Trinajstić information content (AvgIpc) is 2.08. The Morgan fingerprint density at radius 3 is 2.41 bits per heavy atom. The third kappa shape index (κ3) is 3.71. The molecule has 1 aromatic heterocycles. The predicted octanol–water partition coefficient (Wildman–Crippen LogP) is 2.98. The average molecular weight is 355 g/mol. The van der Waals surface area contributed by atoms with Gasteiger partial charge >= 0.3 is 6.36 Å². The summed E-state index contributed by atoms with van der Waals surface area (Å²) in [5.41, 5.74) is -0.121. The van der Waals surface area contributed by atoms with E-state index in [9.17, 15) is 21.6 Å². The summed E-state index contributed by atoms with van der Waals surface area (Å²) in [6.45, 7) is 1.21. The van der Waals surface area contributed by atoms with Crippen LogP contribution in [0.2, 0.25) is 0 Å². The molecular formula is C7H4BrClF3NO3S. The van der Waals surface area contributed by atoms with Gasteiger partial charge in [0.1, 0.15) is 4.90 Å². The summed E-state index contributed by atoms with van der Waals surface area (Å²) in [7, 11) is 0.970. The van der Waals surface area contributed by atoms with Gasteiger partial charge in [0.05, 0.1) is 6.20 Å². The van der Waals surface area contributed by atoms with Crippen molar-refractivity contribution >= 4 is 35.7 Å². The van der Waals surface area contributed by atoms with E-state index in [2.05, 4.69) is 25.7 Å². The van der Waals surface area contributed by atoms with Gasteiger partial charge in [-0.3, -0.25) is 0 Å². The highest BCUT2D eigenvalue weighted by Gasteiger charge is 2.33. The lowest BCUT2D eigenvalue weighted by Crippen LogP contribution is -2.19. The van der Waals surface area contributed by atoms with Crippen LogP contribution in [0.3, 0.4) is 0 Å². The van der Waals surface area contributed by atoms with Crippen molar-refractivity contribution in [1.82, 2.24) is 4.98 Å². The van der Waals surface area contributed by atoms with Gasteiger partial charge in [0.25, 0.3) is 9.05 Å². The van der Waals surface area contributed by atoms with Gasteiger partial charge in [0, 0.05) is 20.7 Å². The number of alkyl halides is 3. The Bertz CT molecular complexity index is 546. The van der Waals surface area contributed by atoms with Gasteiger partial charge < -0.3 is 4.74 Å². The molecule has 0 atom stereocenters. The molecule has 96 valence electrons. The Morgan fingerprint density at radius 2 is 2.00 bits per heavy atom. The fourth-order valence-electron chi connectivity index (χ4n) is 0.932. The molecule has 0 N–H and O–H groups in total. The van der Waals surface area contributed by atoms with Gasteiger partial charge in [0.15, 0.2) is 0 Å². The molecule has 0 unspecified atom stereocenters. The number of rotatable bonds is 2. The molecule has 0 bridgehead atoms. The lowest BCUT2D eigenvalue weighted by atomic mass is 10.3. The van der Waals surface area contributed by atoms with Crippen molar-refractivity contribution in [3.8, 4) is 5.88 Å². The first-order chi connectivity index (χ1) is 7.52. The first kappa shape index (κ1) is 14.5. The maximum absolute atomic E-state index is 12.0. The van der Waals surface area contributed by atoms with Crippen LogP contribution in [0.5, 0.6) is 5.88 Å². The standard InChI is InChI=1S/C7H4BrClF3NO3S/c1-3-5(8)4(17(9,14)15)2-13-6(3)16-7(10,11)12/h2H,1H3. The van der Waals surface area contributed by atoms with Crippen molar-refractivity contribution in [3.63, 3.8) is 0 Å². The van der Waals surface area contributed by atoms with Crippen molar-refractivity contribution in [2.24, 2.45) is 0 Å². The van der Waals surface area contributed by atoms with Gasteiger partial charge in [0.2, 0.25) is 5.88 Å². The van der Waals surface area contributed by atoms with E-state index in [4.69, 9.17) is 10.7 Å². The largest absolute Gasteiger partial charge is 0.574 e.